The molecule has 1 aliphatic heterocycles. The third kappa shape index (κ3) is 3.54. The van der Waals surface area contributed by atoms with Gasteiger partial charge in [0.2, 0.25) is 0 Å². The van der Waals surface area contributed by atoms with Crippen molar-refractivity contribution in [3.05, 3.63) is 23.9 Å². The Bertz CT molecular complexity index is 544. The molecule has 1 aliphatic rings. The highest BCUT2D eigenvalue weighted by Crippen LogP contribution is 2.18. The van der Waals surface area contributed by atoms with Crippen LogP contribution in [-0.4, -0.2) is 49.6 Å². The van der Waals surface area contributed by atoms with E-state index in [4.69, 9.17) is 5.11 Å². The van der Waals surface area contributed by atoms with Crippen molar-refractivity contribution in [1.29, 1.82) is 0 Å². The van der Waals surface area contributed by atoms with E-state index in [-0.39, 0.29) is 23.6 Å². The van der Waals surface area contributed by atoms with Gasteiger partial charge in [-0.3, -0.25) is 0 Å². The van der Waals surface area contributed by atoms with Gasteiger partial charge in [-0.15, -0.1) is 0 Å². The number of sulfonamides is 1. The molecule has 2 unspecified atom stereocenters. The largest absolute Gasteiger partial charge is 0.392 e. The Morgan fingerprint density at radius 2 is 2.25 bits per heavy atom. The van der Waals surface area contributed by atoms with Gasteiger partial charge in [0.05, 0.1) is 6.61 Å². The van der Waals surface area contributed by atoms with Crippen molar-refractivity contribution >= 4 is 10.0 Å². The van der Waals surface area contributed by atoms with Crippen LogP contribution in [0.1, 0.15) is 18.9 Å². The second kappa shape index (κ2) is 6.17. The van der Waals surface area contributed by atoms with Gasteiger partial charge in [-0.05, 0) is 37.6 Å². The van der Waals surface area contributed by atoms with Crippen LogP contribution < -0.4 is 4.72 Å². The molecule has 0 bridgehead atoms. The molecule has 2 rings (SSSR count). The molecule has 1 saturated heterocycles. The lowest BCUT2D eigenvalue weighted by molar-refractivity contribution is 0.188. The van der Waals surface area contributed by atoms with Gasteiger partial charge in [0.25, 0.3) is 10.0 Å². The molecule has 0 aromatic carbocycles. The summed E-state index contributed by atoms with van der Waals surface area (Å²) < 4.78 is 27.3. The number of hydrogen-bond acceptors (Lipinski definition) is 5. The first-order valence-corrected chi connectivity index (χ1v) is 8.17. The van der Waals surface area contributed by atoms with Crippen molar-refractivity contribution in [1.82, 2.24) is 14.6 Å². The van der Waals surface area contributed by atoms with Crippen molar-refractivity contribution < 1.29 is 13.5 Å². The Balaban J connectivity index is 2.10. The predicted molar refractivity (Wildman–Crippen MR) is 75.5 cm³/mol. The van der Waals surface area contributed by atoms with E-state index in [1.165, 1.54) is 12.3 Å². The molecular formula is C13H21N3O3S. The van der Waals surface area contributed by atoms with Crippen molar-refractivity contribution in [2.45, 2.75) is 31.0 Å². The molecular weight excluding hydrogens is 278 g/mol. The Morgan fingerprint density at radius 3 is 2.80 bits per heavy atom. The minimum absolute atomic E-state index is 0.000767. The van der Waals surface area contributed by atoms with Crippen molar-refractivity contribution in [2.75, 3.05) is 20.1 Å². The molecule has 1 aromatic rings. The number of aromatic nitrogens is 1. The highest BCUT2D eigenvalue weighted by molar-refractivity contribution is 7.89. The van der Waals surface area contributed by atoms with Gasteiger partial charge in [0.15, 0.2) is 5.03 Å². The molecule has 2 N–H and O–H groups in total. The number of nitrogens with one attached hydrogen (secondary N) is 1. The average molecular weight is 299 g/mol. The maximum absolute atomic E-state index is 12.3. The molecule has 7 heteroatoms. The molecule has 1 fully saturated rings. The summed E-state index contributed by atoms with van der Waals surface area (Å²) in [6, 6.07) is 2.93. The van der Waals surface area contributed by atoms with Crippen LogP contribution in [0, 0.1) is 5.92 Å². The van der Waals surface area contributed by atoms with Gasteiger partial charge in [0, 0.05) is 18.8 Å². The fourth-order valence-corrected chi connectivity index (χ4v) is 3.76. The zero-order chi connectivity index (χ0) is 14.8. The first-order chi connectivity index (χ1) is 9.42. The fourth-order valence-electron chi connectivity index (χ4n) is 2.45. The molecule has 2 atom stereocenters. The van der Waals surface area contributed by atoms with Crippen LogP contribution >= 0.6 is 0 Å². The second-order valence-corrected chi connectivity index (χ2v) is 7.08. The lowest BCUT2D eigenvalue weighted by Gasteiger charge is -2.34. The SMILES string of the molecule is CC1CN(C)CCC1NS(=O)(=O)c1ccc(CO)cn1. The van der Waals surface area contributed by atoms with Crippen LogP contribution in [-0.2, 0) is 16.6 Å². The van der Waals surface area contributed by atoms with Crippen LogP contribution in [0.25, 0.3) is 0 Å². The Labute approximate surface area is 119 Å². The van der Waals surface area contributed by atoms with Crippen LogP contribution in [0.15, 0.2) is 23.4 Å². The molecule has 112 valence electrons. The van der Waals surface area contributed by atoms with Crippen LogP contribution in [0.4, 0.5) is 0 Å². The van der Waals surface area contributed by atoms with Gasteiger partial charge in [0.1, 0.15) is 0 Å². The van der Waals surface area contributed by atoms with E-state index in [1.54, 1.807) is 6.07 Å². The van der Waals surface area contributed by atoms with E-state index in [0.29, 0.717) is 5.56 Å². The molecule has 0 amide bonds. The lowest BCUT2D eigenvalue weighted by atomic mass is 9.95. The zero-order valence-electron chi connectivity index (χ0n) is 11.8. The summed E-state index contributed by atoms with van der Waals surface area (Å²) in [5, 5.41) is 8.94. The predicted octanol–water partition coefficient (Wildman–Crippen LogP) is 0.192. The molecule has 2 heterocycles. The van der Waals surface area contributed by atoms with E-state index >= 15 is 0 Å². The Morgan fingerprint density at radius 1 is 1.50 bits per heavy atom. The minimum atomic E-state index is -3.60. The summed E-state index contributed by atoms with van der Waals surface area (Å²) >= 11 is 0. The summed E-state index contributed by atoms with van der Waals surface area (Å²) in [7, 11) is -1.56. The lowest BCUT2D eigenvalue weighted by Crippen LogP contribution is -2.48. The quantitative estimate of drug-likeness (QED) is 0.829. The molecule has 6 nitrogen and oxygen atoms in total. The minimum Gasteiger partial charge on any atom is -0.392 e. The molecule has 0 spiro atoms. The van der Waals surface area contributed by atoms with E-state index < -0.39 is 10.0 Å². The van der Waals surface area contributed by atoms with E-state index in [9.17, 15) is 8.42 Å². The molecule has 20 heavy (non-hydrogen) atoms. The Kier molecular flexibility index (Phi) is 4.74. The highest BCUT2D eigenvalue weighted by Gasteiger charge is 2.29. The summed E-state index contributed by atoms with van der Waals surface area (Å²) in [6.07, 6.45) is 2.18. The number of aliphatic hydroxyl groups is 1. The van der Waals surface area contributed by atoms with Gasteiger partial charge in [-0.1, -0.05) is 13.0 Å². The summed E-state index contributed by atoms with van der Waals surface area (Å²) in [5.74, 6) is 0.264. The zero-order valence-corrected chi connectivity index (χ0v) is 12.6. The third-order valence-electron chi connectivity index (χ3n) is 3.67. The maximum Gasteiger partial charge on any atom is 0.258 e. The molecule has 0 aliphatic carbocycles. The molecule has 0 saturated carbocycles. The third-order valence-corrected chi connectivity index (χ3v) is 5.08. The standard InChI is InChI=1S/C13H21N3O3S/c1-10-8-16(2)6-5-12(10)15-20(18,19)13-4-3-11(9-17)7-14-13/h3-4,7,10,12,15,17H,5-6,8-9H2,1-2H3. The number of rotatable bonds is 4. The Hall–Kier alpha value is -1.02. The maximum atomic E-state index is 12.3. The number of nitrogens with zero attached hydrogens (tertiary/aromatic N) is 2. The van der Waals surface area contributed by atoms with Gasteiger partial charge >= 0.3 is 0 Å². The summed E-state index contributed by atoms with van der Waals surface area (Å²) in [6.45, 7) is 3.66. The normalized spacial score (nSPS) is 24.8. The van der Waals surface area contributed by atoms with Crippen LogP contribution in [0.3, 0.4) is 0 Å². The topological polar surface area (TPSA) is 82.5 Å². The smallest absolute Gasteiger partial charge is 0.258 e. The van der Waals surface area contributed by atoms with E-state index in [0.717, 1.165) is 19.5 Å². The molecule has 0 radical (unpaired) electrons. The number of aliphatic hydroxyl groups excluding tert-OH is 1. The van der Waals surface area contributed by atoms with Crippen molar-refractivity contribution in [3.8, 4) is 0 Å². The van der Waals surface area contributed by atoms with E-state index in [2.05, 4.69) is 14.6 Å². The number of pyridine rings is 1. The number of likely N-dealkylation sites (tertiary alicyclic amines) is 1. The molecule has 1 aromatic heterocycles. The van der Waals surface area contributed by atoms with Crippen LogP contribution in [0.5, 0.6) is 0 Å². The van der Waals surface area contributed by atoms with Crippen molar-refractivity contribution in [3.63, 3.8) is 0 Å². The summed E-state index contributed by atoms with van der Waals surface area (Å²) in [5.41, 5.74) is 0.594. The number of piperidine rings is 1. The van der Waals surface area contributed by atoms with Crippen LogP contribution in [0.2, 0.25) is 0 Å². The monoisotopic (exact) mass is 299 g/mol. The van der Waals surface area contributed by atoms with Gasteiger partial charge < -0.3 is 10.0 Å². The van der Waals surface area contributed by atoms with E-state index in [1.807, 2.05) is 14.0 Å². The average Bonchev–Trinajstić information content (AvgIpc) is 2.42. The first-order valence-electron chi connectivity index (χ1n) is 6.69. The van der Waals surface area contributed by atoms with Crippen molar-refractivity contribution in [2.24, 2.45) is 5.92 Å². The first kappa shape index (κ1) is 15.4. The number of hydrogen-bond donors (Lipinski definition) is 2. The van der Waals surface area contributed by atoms with Gasteiger partial charge in [-0.25, -0.2) is 18.1 Å². The second-order valence-electron chi connectivity index (χ2n) is 5.42. The fraction of sp³-hybridized carbons (Fsp3) is 0.615. The highest BCUT2D eigenvalue weighted by atomic mass is 32.2. The summed E-state index contributed by atoms with van der Waals surface area (Å²) in [4.78, 5) is 6.10. The van der Waals surface area contributed by atoms with Gasteiger partial charge in [-0.2, -0.15) is 0 Å².